The van der Waals surface area contributed by atoms with Crippen molar-refractivity contribution in [3.8, 4) is 5.75 Å². The molecule has 124 valence electrons. The van der Waals surface area contributed by atoms with Crippen LogP contribution in [0.15, 0.2) is 12.1 Å². The van der Waals surface area contributed by atoms with Gasteiger partial charge in [-0.25, -0.2) is 8.78 Å². The van der Waals surface area contributed by atoms with E-state index in [1.54, 1.807) is 0 Å². The molecule has 0 unspecified atom stereocenters. The Kier molecular flexibility index (Phi) is 5.75. The molecule has 0 aliphatic carbocycles. The fraction of sp³-hybridized carbons (Fsp3) is 0.647. The monoisotopic (exact) mass is 312 g/mol. The zero-order valence-electron chi connectivity index (χ0n) is 13.9. The average molecular weight is 312 g/mol. The van der Waals surface area contributed by atoms with Gasteiger partial charge in [0.05, 0.1) is 7.11 Å². The fourth-order valence-corrected chi connectivity index (χ4v) is 3.26. The standard InChI is InChI=1S/C17H26F2N2O/c1-5-13-10-20(8-9-21(13)12(2)3)11-14-16(22-4)7-6-15(18)17(14)19/h6-7,12-13H,5,8-11H2,1-4H3/t13-/m1/s1. The molecule has 3 nitrogen and oxygen atoms in total. The second-order valence-corrected chi connectivity index (χ2v) is 6.17. The molecular weight excluding hydrogens is 286 g/mol. The summed E-state index contributed by atoms with van der Waals surface area (Å²) in [4.78, 5) is 4.67. The third kappa shape index (κ3) is 3.58. The topological polar surface area (TPSA) is 15.7 Å². The highest BCUT2D eigenvalue weighted by Gasteiger charge is 2.28. The number of ether oxygens (including phenoxy) is 1. The number of hydrogen-bond acceptors (Lipinski definition) is 3. The van der Waals surface area contributed by atoms with Crippen LogP contribution in [0, 0.1) is 11.6 Å². The molecule has 0 bridgehead atoms. The first-order valence-electron chi connectivity index (χ1n) is 7.96. The van der Waals surface area contributed by atoms with Crippen LogP contribution < -0.4 is 4.74 Å². The van der Waals surface area contributed by atoms with E-state index in [2.05, 4.69) is 30.6 Å². The van der Waals surface area contributed by atoms with Crippen LogP contribution in [0.3, 0.4) is 0 Å². The molecule has 1 aromatic carbocycles. The maximum Gasteiger partial charge on any atom is 0.167 e. The summed E-state index contributed by atoms with van der Waals surface area (Å²) in [5.74, 6) is -1.19. The first kappa shape index (κ1) is 17.2. The van der Waals surface area contributed by atoms with Gasteiger partial charge in [0.2, 0.25) is 0 Å². The van der Waals surface area contributed by atoms with Crippen LogP contribution in [-0.4, -0.2) is 48.6 Å². The second kappa shape index (κ2) is 7.38. The van der Waals surface area contributed by atoms with Gasteiger partial charge < -0.3 is 4.74 Å². The van der Waals surface area contributed by atoms with Crippen LogP contribution in [0.25, 0.3) is 0 Å². The van der Waals surface area contributed by atoms with Gasteiger partial charge in [0.1, 0.15) is 5.75 Å². The number of halogens is 2. The lowest BCUT2D eigenvalue weighted by Gasteiger charge is -2.43. The minimum absolute atomic E-state index is 0.315. The van der Waals surface area contributed by atoms with Gasteiger partial charge in [0, 0.05) is 43.8 Å². The van der Waals surface area contributed by atoms with E-state index in [-0.39, 0.29) is 0 Å². The van der Waals surface area contributed by atoms with Crippen molar-refractivity contribution in [3.05, 3.63) is 29.3 Å². The van der Waals surface area contributed by atoms with E-state index >= 15 is 0 Å². The van der Waals surface area contributed by atoms with Crippen LogP contribution in [0.2, 0.25) is 0 Å². The van der Waals surface area contributed by atoms with Crippen molar-refractivity contribution in [1.82, 2.24) is 9.80 Å². The number of rotatable bonds is 5. The maximum atomic E-state index is 14.1. The first-order chi connectivity index (χ1) is 10.5. The van der Waals surface area contributed by atoms with Crippen LogP contribution in [0.1, 0.15) is 32.8 Å². The molecule has 1 aliphatic heterocycles. The third-order valence-corrected chi connectivity index (χ3v) is 4.50. The van der Waals surface area contributed by atoms with Gasteiger partial charge >= 0.3 is 0 Å². The van der Waals surface area contributed by atoms with Crippen LogP contribution >= 0.6 is 0 Å². The predicted molar refractivity (Wildman–Crippen MR) is 84.1 cm³/mol. The van der Waals surface area contributed by atoms with Gasteiger partial charge in [-0.2, -0.15) is 0 Å². The van der Waals surface area contributed by atoms with E-state index in [4.69, 9.17) is 4.74 Å². The van der Waals surface area contributed by atoms with E-state index in [1.165, 1.54) is 13.2 Å². The Balaban J connectivity index is 2.14. The Morgan fingerprint density at radius 2 is 2.00 bits per heavy atom. The largest absolute Gasteiger partial charge is 0.496 e. The summed E-state index contributed by atoms with van der Waals surface area (Å²) < 4.78 is 32.8. The molecule has 1 heterocycles. The second-order valence-electron chi connectivity index (χ2n) is 6.17. The molecular formula is C17H26F2N2O. The van der Waals surface area contributed by atoms with Gasteiger partial charge in [0.25, 0.3) is 0 Å². The van der Waals surface area contributed by atoms with E-state index in [0.717, 1.165) is 32.1 Å². The lowest BCUT2D eigenvalue weighted by atomic mass is 10.1. The first-order valence-corrected chi connectivity index (χ1v) is 7.96. The van der Waals surface area contributed by atoms with Crippen molar-refractivity contribution >= 4 is 0 Å². The van der Waals surface area contributed by atoms with Crippen molar-refractivity contribution in [2.45, 2.75) is 45.8 Å². The Morgan fingerprint density at radius 1 is 1.27 bits per heavy atom. The van der Waals surface area contributed by atoms with Crippen LogP contribution in [-0.2, 0) is 6.54 Å². The molecule has 0 saturated carbocycles. The lowest BCUT2D eigenvalue weighted by Crippen LogP contribution is -2.54. The van der Waals surface area contributed by atoms with Gasteiger partial charge in [0.15, 0.2) is 11.6 Å². The summed E-state index contributed by atoms with van der Waals surface area (Å²) in [7, 11) is 1.49. The molecule has 0 amide bonds. The summed E-state index contributed by atoms with van der Waals surface area (Å²) in [6, 6.07) is 3.57. The summed E-state index contributed by atoms with van der Waals surface area (Å²) in [6.45, 7) is 9.64. The third-order valence-electron chi connectivity index (χ3n) is 4.50. The molecule has 22 heavy (non-hydrogen) atoms. The summed E-state index contributed by atoms with van der Waals surface area (Å²) >= 11 is 0. The highest BCUT2D eigenvalue weighted by Crippen LogP contribution is 2.26. The Labute approximate surface area is 131 Å². The molecule has 5 heteroatoms. The highest BCUT2D eigenvalue weighted by molar-refractivity contribution is 5.35. The molecule has 1 saturated heterocycles. The van der Waals surface area contributed by atoms with E-state index < -0.39 is 11.6 Å². The van der Waals surface area contributed by atoms with E-state index in [9.17, 15) is 8.78 Å². The van der Waals surface area contributed by atoms with Crippen molar-refractivity contribution in [1.29, 1.82) is 0 Å². The fourth-order valence-electron chi connectivity index (χ4n) is 3.26. The number of hydrogen-bond donors (Lipinski definition) is 0. The van der Waals surface area contributed by atoms with Crippen molar-refractivity contribution < 1.29 is 13.5 Å². The summed E-state index contributed by atoms with van der Waals surface area (Å²) in [6.07, 6.45) is 1.05. The minimum atomic E-state index is -0.816. The molecule has 0 spiro atoms. The molecule has 0 aromatic heterocycles. The number of benzene rings is 1. The molecule has 0 N–H and O–H groups in total. The van der Waals surface area contributed by atoms with Gasteiger partial charge in [-0.15, -0.1) is 0 Å². The number of nitrogens with zero attached hydrogens (tertiary/aromatic N) is 2. The van der Waals surface area contributed by atoms with Crippen molar-refractivity contribution in [2.24, 2.45) is 0 Å². The van der Waals surface area contributed by atoms with Gasteiger partial charge in [-0.3, -0.25) is 9.80 Å². The predicted octanol–water partition coefficient (Wildman–Crippen LogP) is 3.28. The normalized spacial score (nSPS) is 20.6. The molecule has 1 fully saturated rings. The minimum Gasteiger partial charge on any atom is -0.496 e. The summed E-state index contributed by atoms with van der Waals surface area (Å²) in [5, 5.41) is 0. The smallest absolute Gasteiger partial charge is 0.167 e. The highest BCUT2D eigenvalue weighted by atomic mass is 19.2. The van der Waals surface area contributed by atoms with Gasteiger partial charge in [-0.1, -0.05) is 6.92 Å². The van der Waals surface area contributed by atoms with Crippen molar-refractivity contribution in [3.63, 3.8) is 0 Å². The number of piperazine rings is 1. The number of methoxy groups -OCH3 is 1. The molecule has 2 rings (SSSR count). The quantitative estimate of drug-likeness (QED) is 0.830. The lowest BCUT2D eigenvalue weighted by molar-refractivity contribution is 0.0447. The van der Waals surface area contributed by atoms with Crippen molar-refractivity contribution in [2.75, 3.05) is 26.7 Å². The average Bonchev–Trinajstić information content (AvgIpc) is 2.51. The Hall–Kier alpha value is -1.20. The SMILES string of the molecule is CC[C@@H]1CN(Cc2c(OC)ccc(F)c2F)CCN1C(C)C. The maximum absolute atomic E-state index is 14.1. The molecule has 1 aliphatic rings. The van der Waals surface area contributed by atoms with E-state index in [1.807, 2.05) is 0 Å². The molecule has 1 aromatic rings. The molecule has 1 atom stereocenters. The van der Waals surface area contributed by atoms with Crippen LogP contribution in [0.4, 0.5) is 8.78 Å². The van der Waals surface area contributed by atoms with Gasteiger partial charge in [-0.05, 0) is 32.4 Å². The Bertz CT molecular complexity index is 508. The zero-order valence-corrected chi connectivity index (χ0v) is 13.9. The Morgan fingerprint density at radius 3 is 2.59 bits per heavy atom. The summed E-state index contributed by atoms with van der Waals surface area (Å²) in [5.41, 5.74) is 0.315. The van der Waals surface area contributed by atoms with E-state index in [0.29, 0.717) is 29.9 Å². The molecule has 0 radical (unpaired) electrons. The zero-order chi connectivity index (χ0) is 16.3. The van der Waals surface area contributed by atoms with Crippen LogP contribution in [0.5, 0.6) is 5.75 Å².